The number of morpholine rings is 1. The average molecular weight is 387 g/mol. The number of ether oxygens (including phenoxy) is 1. The highest BCUT2D eigenvalue weighted by Gasteiger charge is 2.24. The summed E-state index contributed by atoms with van der Waals surface area (Å²) in [6, 6.07) is 10.5. The second kappa shape index (κ2) is 8.90. The van der Waals surface area contributed by atoms with Crippen molar-refractivity contribution in [1.82, 2.24) is 10.2 Å². The van der Waals surface area contributed by atoms with Crippen molar-refractivity contribution in [2.24, 2.45) is 0 Å². The van der Waals surface area contributed by atoms with Gasteiger partial charge in [-0.15, -0.1) is 0 Å². The predicted molar refractivity (Wildman–Crippen MR) is 102 cm³/mol. The summed E-state index contributed by atoms with van der Waals surface area (Å²) in [5.41, 5.74) is 1.53. The fraction of sp³-hybridized carbons (Fsp3) is 0.350. The first-order valence-corrected chi connectivity index (χ1v) is 9.06. The molecule has 1 heterocycles. The number of aryl methyl sites for hydroxylation is 1. The van der Waals surface area contributed by atoms with E-state index in [-0.39, 0.29) is 29.0 Å². The van der Waals surface area contributed by atoms with Crippen LogP contribution < -0.4 is 5.32 Å². The SMILES string of the molecule is Cc1ccc(C(=O)NCC(c2ccc(F)cc2)N2CCOCC2)cc1[N+](=O)[O-]. The number of halogens is 1. The predicted octanol–water partition coefficient (Wildman–Crippen LogP) is 2.85. The Kier molecular flexibility index (Phi) is 6.33. The Morgan fingerprint density at radius 3 is 2.57 bits per heavy atom. The van der Waals surface area contributed by atoms with E-state index >= 15 is 0 Å². The zero-order chi connectivity index (χ0) is 20.1. The quantitative estimate of drug-likeness (QED) is 0.609. The van der Waals surface area contributed by atoms with Gasteiger partial charge in [0.2, 0.25) is 0 Å². The van der Waals surface area contributed by atoms with E-state index in [1.165, 1.54) is 18.2 Å². The Bertz CT molecular complexity index is 851. The van der Waals surface area contributed by atoms with Crippen molar-refractivity contribution in [3.05, 3.63) is 75.1 Å². The molecular formula is C20H22FN3O4. The van der Waals surface area contributed by atoms with Crippen LogP contribution in [0.1, 0.15) is 27.5 Å². The lowest BCUT2D eigenvalue weighted by atomic mass is 10.0. The molecule has 0 radical (unpaired) electrons. The van der Waals surface area contributed by atoms with Gasteiger partial charge in [0.15, 0.2) is 0 Å². The lowest BCUT2D eigenvalue weighted by Gasteiger charge is -2.35. The molecule has 3 rings (SSSR count). The number of carbonyl (C=O) groups excluding carboxylic acids is 1. The van der Waals surface area contributed by atoms with Gasteiger partial charge < -0.3 is 10.1 Å². The van der Waals surface area contributed by atoms with E-state index in [2.05, 4.69) is 10.2 Å². The van der Waals surface area contributed by atoms with Gasteiger partial charge in [0, 0.05) is 36.8 Å². The van der Waals surface area contributed by atoms with Crippen molar-refractivity contribution in [2.45, 2.75) is 13.0 Å². The van der Waals surface area contributed by atoms with Crippen molar-refractivity contribution in [1.29, 1.82) is 0 Å². The summed E-state index contributed by atoms with van der Waals surface area (Å²) in [4.78, 5) is 25.3. The van der Waals surface area contributed by atoms with Crippen LogP contribution in [0.4, 0.5) is 10.1 Å². The fourth-order valence-electron chi connectivity index (χ4n) is 3.27. The van der Waals surface area contributed by atoms with Crippen LogP contribution in [0, 0.1) is 22.9 Å². The molecule has 0 bridgehead atoms. The van der Waals surface area contributed by atoms with E-state index in [0.717, 1.165) is 5.56 Å². The molecule has 8 heteroatoms. The molecule has 1 saturated heterocycles. The number of nitro groups is 1. The molecule has 1 fully saturated rings. The normalized spacial score (nSPS) is 15.8. The number of amides is 1. The number of carbonyl (C=O) groups is 1. The Balaban J connectivity index is 1.75. The second-order valence-electron chi connectivity index (χ2n) is 6.68. The van der Waals surface area contributed by atoms with Crippen LogP contribution in [0.25, 0.3) is 0 Å². The Morgan fingerprint density at radius 1 is 1.25 bits per heavy atom. The van der Waals surface area contributed by atoms with Gasteiger partial charge >= 0.3 is 0 Å². The summed E-state index contributed by atoms with van der Waals surface area (Å²) < 4.78 is 18.7. The number of nitrogens with zero attached hydrogens (tertiary/aromatic N) is 2. The Labute approximate surface area is 162 Å². The number of hydrogen-bond acceptors (Lipinski definition) is 5. The maximum Gasteiger partial charge on any atom is 0.273 e. The summed E-state index contributed by atoms with van der Waals surface area (Å²) >= 11 is 0. The third kappa shape index (κ3) is 4.71. The molecule has 1 aliphatic heterocycles. The second-order valence-corrected chi connectivity index (χ2v) is 6.68. The van der Waals surface area contributed by atoms with E-state index in [0.29, 0.717) is 38.4 Å². The summed E-state index contributed by atoms with van der Waals surface area (Å²) in [5.74, 6) is -0.705. The van der Waals surface area contributed by atoms with E-state index in [9.17, 15) is 19.3 Å². The zero-order valence-corrected chi connectivity index (χ0v) is 15.6. The highest BCUT2D eigenvalue weighted by Crippen LogP contribution is 2.23. The first kappa shape index (κ1) is 19.9. The van der Waals surface area contributed by atoms with Gasteiger partial charge in [-0.1, -0.05) is 18.2 Å². The minimum Gasteiger partial charge on any atom is -0.379 e. The van der Waals surface area contributed by atoms with Crippen LogP contribution >= 0.6 is 0 Å². The largest absolute Gasteiger partial charge is 0.379 e. The third-order valence-corrected chi connectivity index (χ3v) is 4.87. The molecule has 1 N–H and O–H groups in total. The molecule has 1 aliphatic rings. The molecule has 7 nitrogen and oxygen atoms in total. The van der Waals surface area contributed by atoms with Gasteiger partial charge in [-0.3, -0.25) is 19.8 Å². The van der Waals surface area contributed by atoms with E-state index < -0.39 is 4.92 Å². The topological polar surface area (TPSA) is 84.7 Å². The van der Waals surface area contributed by atoms with Gasteiger partial charge in [-0.25, -0.2) is 4.39 Å². The molecule has 2 aromatic rings. The van der Waals surface area contributed by atoms with Crippen molar-refractivity contribution in [2.75, 3.05) is 32.8 Å². The molecule has 0 saturated carbocycles. The summed E-state index contributed by atoms with van der Waals surface area (Å²) in [6.45, 7) is 4.52. The number of hydrogen-bond donors (Lipinski definition) is 1. The highest BCUT2D eigenvalue weighted by atomic mass is 19.1. The van der Waals surface area contributed by atoms with Crippen molar-refractivity contribution < 1.29 is 18.8 Å². The van der Waals surface area contributed by atoms with Gasteiger partial charge in [0.05, 0.1) is 24.2 Å². The summed E-state index contributed by atoms with van der Waals surface area (Å²) in [7, 11) is 0. The molecule has 1 unspecified atom stereocenters. The maximum atomic E-state index is 13.3. The lowest BCUT2D eigenvalue weighted by Crippen LogP contribution is -2.43. The molecule has 1 atom stereocenters. The van der Waals surface area contributed by atoms with Gasteiger partial charge in [-0.2, -0.15) is 0 Å². The van der Waals surface area contributed by atoms with Crippen LogP contribution in [0.5, 0.6) is 0 Å². The Morgan fingerprint density at radius 2 is 1.93 bits per heavy atom. The van der Waals surface area contributed by atoms with E-state index in [1.807, 2.05) is 0 Å². The molecule has 28 heavy (non-hydrogen) atoms. The van der Waals surface area contributed by atoms with Gasteiger partial charge in [0.25, 0.3) is 11.6 Å². The van der Waals surface area contributed by atoms with Crippen molar-refractivity contribution >= 4 is 11.6 Å². The van der Waals surface area contributed by atoms with Crippen LogP contribution in [0.2, 0.25) is 0 Å². The monoisotopic (exact) mass is 387 g/mol. The van der Waals surface area contributed by atoms with E-state index in [1.54, 1.807) is 31.2 Å². The van der Waals surface area contributed by atoms with Crippen LogP contribution in [-0.2, 0) is 4.74 Å². The maximum absolute atomic E-state index is 13.3. The minimum absolute atomic E-state index is 0.0871. The zero-order valence-electron chi connectivity index (χ0n) is 15.6. The first-order chi connectivity index (χ1) is 13.5. The van der Waals surface area contributed by atoms with Crippen LogP contribution in [0.15, 0.2) is 42.5 Å². The van der Waals surface area contributed by atoms with Crippen molar-refractivity contribution in [3.8, 4) is 0 Å². The highest BCUT2D eigenvalue weighted by molar-refractivity contribution is 5.95. The van der Waals surface area contributed by atoms with Crippen LogP contribution in [0.3, 0.4) is 0 Å². The first-order valence-electron chi connectivity index (χ1n) is 9.06. The standard InChI is InChI=1S/C20H22FN3O4/c1-14-2-3-16(12-18(14)24(26)27)20(25)22-13-19(23-8-10-28-11-9-23)15-4-6-17(21)7-5-15/h2-7,12,19H,8-11,13H2,1H3,(H,22,25). The Hall–Kier alpha value is -2.84. The van der Waals surface area contributed by atoms with Crippen LogP contribution in [-0.4, -0.2) is 48.6 Å². The van der Waals surface area contributed by atoms with Gasteiger partial charge in [0.1, 0.15) is 5.82 Å². The molecule has 2 aromatic carbocycles. The third-order valence-electron chi connectivity index (χ3n) is 4.87. The summed E-state index contributed by atoms with van der Waals surface area (Å²) in [5, 5.41) is 14.0. The van der Waals surface area contributed by atoms with E-state index in [4.69, 9.17) is 4.74 Å². The van der Waals surface area contributed by atoms with Crippen molar-refractivity contribution in [3.63, 3.8) is 0 Å². The number of rotatable bonds is 6. The minimum atomic E-state index is -0.499. The number of benzene rings is 2. The lowest BCUT2D eigenvalue weighted by molar-refractivity contribution is -0.385. The number of nitro benzene ring substituents is 1. The average Bonchev–Trinajstić information content (AvgIpc) is 2.70. The molecule has 0 spiro atoms. The molecule has 0 aromatic heterocycles. The molecular weight excluding hydrogens is 365 g/mol. The molecule has 0 aliphatic carbocycles. The fourth-order valence-corrected chi connectivity index (χ4v) is 3.27. The van der Waals surface area contributed by atoms with Gasteiger partial charge in [-0.05, 0) is 30.7 Å². The number of nitrogens with one attached hydrogen (secondary N) is 1. The smallest absolute Gasteiger partial charge is 0.273 e. The molecule has 148 valence electrons. The molecule has 1 amide bonds. The summed E-state index contributed by atoms with van der Waals surface area (Å²) in [6.07, 6.45) is 0.